The number of nitro groups is 1. The van der Waals surface area contributed by atoms with Crippen LogP contribution in [0.3, 0.4) is 0 Å². The second-order valence-electron chi connectivity index (χ2n) is 4.86. The summed E-state index contributed by atoms with van der Waals surface area (Å²) in [5, 5.41) is 13.0. The lowest BCUT2D eigenvalue weighted by molar-refractivity contribution is -0.385. The molecule has 2 aromatic rings. The van der Waals surface area contributed by atoms with E-state index < -0.39 is 0 Å². The first-order valence-corrected chi connectivity index (χ1v) is 7.46. The lowest BCUT2D eigenvalue weighted by atomic mass is 10.1. The van der Waals surface area contributed by atoms with Gasteiger partial charge in [0.2, 0.25) is 0 Å². The molecule has 0 saturated carbocycles. The van der Waals surface area contributed by atoms with Gasteiger partial charge in [0.05, 0.1) is 12.0 Å². The summed E-state index contributed by atoms with van der Waals surface area (Å²) >= 11 is 1.71. The van der Waals surface area contributed by atoms with Crippen molar-refractivity contribution in [3.05, 3.63) is 56.3 Å². The summed E-state index contributed by atoms with van der Waals surface area (Å²) in [5.74, 6) is 0.672. The fourth-order valence-electron chi connectivity index (χ4n) is 2.15. The number of hydrogen-bond acceptors (Lipinski definition) is 5. The number of rotatable bonds is 6. The average molecular weight is 306 g/mol. The van der Waals surface area contributed by atoms with Gasteiger partial charge in [0.1, 0.15) is 5.75 Å². The highest BCUT2D eigenvalue weighted by molar-refractivity contribution is 7.10. The van der Waals surface area contributed by atoms with Crippen LogP contribution in [0.5, 0.6) is 5.75 Å². The summed E-state index contributed by atoms with van der Waals surface area (Å²) in [7, 11) is 3.58. The maximum atomic E-state index is 10.9. The van der Waals surface area contributed by atoms with Crippen molar-refractivity contribution in [2.24, 2.45) is 0 Å². The number of ether oxygens (including phenoxy) is 1. The number of hydrogen-bond donors (Lipinski definition) is 0. The number of benzene rings is 1. The minimum absolute atomic E-state index is 0.0861. The van der Waals surface area contributed by atoms with E-state index in [1.165, 1.54) is 10.9 Å². The van der Waals surface area contributed by atoms with Gasteiger partial charge in [-0.15, -0.1) is 11.3 Å². The lowest BCUT2D eigenvalue weighted by Crippen LogP contribution is -2.21. The van der Waals surface area contributed by atoms with Crippen LogP contribution in [0, 0.1) is 10.1 Å². The van der Waals surface area contributed by atoms with E-state index in [4.69, 9.17) is 4.74 Å². The molecule has 0 aliphatic heterocycles. The fourth-order valence-corrected chi connectivity index (χ4v) is 3.00. The molecule has 0 saturated heterocycles. The van der Waals surface area contributed by atoms with Gasteiger partial charge in [-0.05, 0) is 31.5 Å². The van der Waals surface area contributed by atoms with Crippen molar-refractivity contribution in [2.75, 3.05) is 14.2 Å². The molecule has 0 fully saturated rings. The molecule has 0 amide bonds. The van der Waals surface area contributed by atoms with Gasteiger partial charge < -0.3 is 4.74 Å². The Hall–Kier alpha value is -1.92. The van der Waals surface area contributed by atoms with Crippen LogP contribution in [0.2, 0.25) is 0 Å². The first-order valence-electron chi connectivity index (χ1n) is 6.58. The molecule has 2 rings (SSSR count). The summed E-state index contributed by atoms with van der Waals surface area (Å²) in [5.41, 5.74) is 0.903. The third kappa shape index (κ3) is 3.59. The molecule has 1 heterocycles. The van der Waals surface area contributed by atoms with Crippen molar-refractivity contribution in [1.29, 1.82) is 0 Å². The minimum Gasteiger partial charge on any atom is -0.496 e. The van der Waals surface area contributed by atoms with Crippen LogP contribution >= 0.6 is 11.3 Å². The van der Waals surface area contributed by atoms with Gasteiger partial charge >= 0.3 is 0 Å². The number of nitro benzene ring substituents is 1. The van der Waals surface area contributed by atoms with Crippen molar-refractivity contribution >= 4 is 17.0 Å². The maximum Gasteiger partial charge on any atom is 0.270 e. The largest absolute Gasteiger partial charge is 0.496 e. The van der Waals surface area contributed by atoms with E-state index in [1.807, 2.05) is 18.5 Å². The molecular formula is C15H18N2O3S. The maximum absolute atomic E-state index is 10.9. The molecule has 0 spiro atoms. The Kier molecular flexibility index (Phi) is 4.93. The second kappa shape index (κ2) is 6.69. The molecule has 0 N–H and O–H groups in total. The smallest absolute Gasteiger partial charge is 0.270 e. The zero-order valence-corrected chi connectivity index (χ0v) is 13.1. The minimum atomic E-state index is -0.383. The predicted octanol–water partition coefficient (Wildman–Crippen LogP) is 3.86. The zero-order valence-electron chi connectivity index (χ0n) is 12.3. The number of nitrogens with zero attached hydrogens (tertiary/aromatic N) is 2. The predicted molar refractivity (Wildman–Crippen MR) is 83.8 cm³/mol. The Morgan fingerprint density at radius 3 is 2.76 bits per heavy atom. The third-order valence-electron chi connectivity index (χ3n) is 3.51. The Labute approximate surface area is 127 Å². The van der Waals surface area contributed by atoms with Gasteiger partial charge in [0, 0.05) is 35.2 Å². The SMILES string of the molecule is COc1ccc([N+](=O)[O-])cc1CN(C)C(C)c1cccs1. The van der Waals surface area contributed by atoms with Gasteiger partial charge in [0.25, 0.3) is 5.69 Å². The lowest BCUT2D eigenvalue weighted by Gasteiger charge is -2.24. The Morgan fingerprint density at radius 1 is 1.43 bits per heavy atom. The molecule has 1 atom stereocenters. The molecule has 21 heavy (non-hydrogen) atoms. The first kappa shape index (κ1) is 15.5. The van der Waals surface area contributed by atoms with Crippen LogP contribution in [0.25, 0.3) is 0 Å². The standard InChI is InChI=1S/C15H18N2O3S/c1-11(15-5-4-8-21-15)16(2)10-12-9-13(17(18)19)6-7-14(12)20-3/h4-9,11H,10H2,1-3H3. The molecule has 1 unspecified atom stereocenters. The van der Waals surface area contributed by atoms with Gasteiger partial charge in [0.15, 0.2) is 0 Å². The molecule has 0 bridgehead atoms. The van der Waals surface area contributed by atoms with Crippen LogP contribution in [0.4, 0.5) is 5.69 Å². The molecule has 0 radical (unpaired) electrons. The highest BCUT2D eigenvalue weighted by atomic mass is 32.1. The van der Waals surface area contributed by atoms with Crippen molar-refractivity contribution in [3.63, 3.8) is 0 Å². The Morgan fingerprint density at radius 2 is 2.19 bits per heavy atom. The van der Waals surface area contributed by atoms with Crippen molar-refractivity contribution < 1.29 is 9.66 Å². The van der Waals surface area contributed by atoms with Gasteiger partial charge in [-0.3, -0.25) is 15.0 Å². The first-order chi connectivity index (χ1) is 10.0. The average Bonchev–Trinajstić information content (AvgIpc) is 3.00. The van der Waals surface area contributed by atoms with E-state index >= 15 is 0 Å². The van der Waals surface area contributed by atoms with E-state index in [0.29, 0.717) is 12.3 Å². The van der Waals surface area contributed by atoms with Crippen LogP contribution in [-0.4, -0.2) is 24.0 Å². The summed E-state index contributed by atoms with van der Waals surface area (Å²) in [4.78, 5) is 13.9. The molecule has 112 valence electrons. The number of non-ortho nitro benzene ring substituents is 1. The van der Waals surface area contributed by atoms with E-state index in [0.717, 1.165) is 5.56 Å². The highest BCUT2D eigenvalue weighted by Gasteiger charge is 2.17. The van der Waals surface area contributed by atoms with E-state index in [1.54, 1.807) is 30.6 Å². The monoisotopic (exact) mass is 306 g/mol. The van der Waals surface area contributed by atoms with Crippen LogP contribution in [0.15, 0.2) is 35.7 Å². The van der Waals surface area contributed by atoms with Crippen molar-refractivity contribution in [2.45, 2.75) is 19.5 Å². The van der Waals surface area contributed by atoms with Gasteiger partial charge in [-0.25, -0.2) is 0 Å². The van der Waals surface area contributed by atoms with E-state index in [9.17, 15) is 10.1 Å². The molecule has 5 nitrogen and oxygen atoms in total. The van der Waals surface area contributed by atoms with Gasteiger partial charge in [-0.1, -0.05) is 6.07 Å². The van der Waals surface area contributed by atoms with Crippen molar-refractivity contribution in [1.82, 2.24) is 4.90 Å². The van der Waals surface area contributed by atoms with Crippen molar-refractivity contribution in [3.8, 4) is 5.75 Å². The fraction of sp³-hybridized carbons (Fsp3) is 0.333. The Bertz CT molecular complexity index is 613. The summed E-state index contributed by atoms with van der Waals surface area (Å²) in [6.45, 7) is 2.71. The van der Waals surface area contributed by atoms with Gasteiger partial charge in [-0.2, -0.15) is 0 Å². The molecule has 6 heteroatoms. The zero-order chi connectivity index (χ0) is 15.4. The van der Waals surface area contributed by atoms with Crippen LogP contribution < -0.4 is 4.74 Å². The third-order valence-corrected chi connectivity index (χ3v) is 4.55. The summed E-state index contributed by atoms with van der Waals surface area (Å²) in [6.07, 6.45) is 0. The van der Waals surface area contributed by atoms with Crippen LogP contribution in [0.1, 0.15) is 23.4 Å². The van der Waals surface area contributed by atoms with Crippen LogP contribution in [-0.2, 0) is 6.54 Å². The normalized spacial score (nSPS) is 12.4. The highest BCUT2D eigenvalue weighted by Crippen LogP contribution is 2.29. The topological polar surface area (TPSA) is 55.6 Å². The summed E-state index contributed by atoms with van der Waals surface area (Å²) in [6, 6.07) is 9.06. The molecule has 0 aliphatic rings. The van der Waals surface area contributed by atoms with E-state index in [-0.39, 0.29) is 16.7 Å². The summed E-state index contributed by atoms with van der Waals surface area (Å²) < 4.78 is 5.30. The van der Waals surface area contributed by atoms with E-state index in [2.05, 4.69) is 17.9 Å². The molecule has 0 aliphatic carbocycles. The number of thiophene rings is 1. The second-order valence-corrected chi connectivity index (χ2v) is 5.84. The molecule has 1 aromatic carbocycles. The number of methoxy groups -OCH3 is 1. The molecular weight excluding hydrogens is 288 g/mol. The Balaban J connectivity index is 2.21. The quantitative estimate of drug-likeness (QED) is 0.600. The molecule has 1 aromatic heterocycles.